The first-order valence-electron chi connectivity index (χ1n) is 8.92. The van der Waals surface area contributed by atoms with E-state index in [4.69, 9.17) is 4.74 Å². The Labute approximate surface area is 164 Å². The molecular weight excluding hydrogens is 382 g/mol. The number of morpholine rings is 1. The highest BCUT2D eigenvalue weighted by molar-refractivity contribution is 7.89. The molecule has 1 fully saturated rings. The predicted molar refractivity (Wildman–Crippen MR) is 106 cm³/mol. The van der Waals surface area contributed by atoms with Crippen LogP contribution in [0.25, 0.3) is 0 Å². The molecule has 2 aromatic carbocycles. The summed E-state index contributed by atoms with van der Waals surface area (Å²) in [6.45, 7) is 3.55. The average molecular weight is 405 g/mol. The number of benzene rings is 2. The summed E-state index contributed by atoms with van der Waals surface area (Å²) < 4.78 is 33.0. The lowest BCUT2D eigenvalue weighted by atomic mass is 10.1. The fourth-order valence-electron chi connectivity index (χ4n) is 3.12. The molecule has 1 aliphatic rings. The highest BCUT2D eigenvalue weighted by Gasteiger charge is 2.31. The van der Waals surface area contributed by atoms with Crippen LogP contribution in [0.5, 0.6) is 0 Å². The molecule has 1 heterocycles. The van der Waals surface area contributed by atoms with Crippen LogP contribution in [-0.4, -0.2) is 51.0 Å². The molecule has 8 nitrogen and oxygen atoms in total. The summed E-state index contributed by atoms with van der Waals surface area (Å²) in [7, 11) is -2.11. The number of nitrogens with zero attached hydrogens (tertiary/aromatic N) is 3. The van der Waals surface area contributed by atoms with E-state index < -0.39 is 14.9 Å². The molecule has 0 saturated carbocycles. The first kappa shape index (κ1) is 20.2. The highest BCUT2D eigenvalue weighted by Crippen LogP contribution is 2.32. The molecule has 9 heteroatoms. The van der Waals surface area contributed by atoms with E-state index in [9.17, 15) is 18.5 Å². The third-order valence-corrected chi connectivity index (χ3v) is 6.62. The number of nitro benzene ring substituents is 1. The average Bonchev–Trinajstić information content (AvgIpc) is 2.69. The minimum absolute atomic E-state index is 0.0572. The van der Waals surface area contributed by atoms with Crippen molar-refractivity contribution in [1.29, 1.82) is 0 Å². The van der Waals surface area contributed by atoms with E-state index in [0.29, 0.717) is 25.4 Å². The molecule has 0 spiro atoms. The van der Waals surface area contributed by atoms with Crippen molar-refractivity contribution in [3.63, 3.8) is 0 Å². The summed E-state index contributed by atoms with van der Waals surface area (Å²) >= 11 is 0. The van der Waals surface area contributed by atoms with Gasteiger partial charge in [-0.1, -0.05) is 29.8 Å². The van der Waals surface area contributed by atoms with Crippen LogP contribution in [0, 0.1) is 17.0 Å². The Hall–Kier alpha value is -2.49. The number of hydrogen-bond donors (Lipinski definition) is 0. The largest absolute Gasteiger partial charge is 0.379 e. The molecule has 0 aliphatic carbocycles. The second kappa shape index (κ2) is 8.26. The molecule has 150 valence electrons. The van der Waals surface area contributed by atoms with Gasteiger partial charge in [0.25, 0.3) is 5.69 Å². The molecule has 0 radical (unpaired) electrons. The minimum atomic E-state index is -3.89. The fourth-order valence-corrected chi connectivity index (χ4v) is 4.78. The van der Waals surface area contributed by atoms with Gasteiger partial charge >= 0.3 is 0 Å². The standard InChI is InChI=1S/C19H23N3O5S/c1-15-3-5-16(6-4-15)14-20(2)18-8-7-17(22(23)24)13-19(18)28(25,26)21-9-11-27-12-10-21/h3-8,13H,9-12,14H2,1-2H3. The van der Waals surface area contributed by atoms with Gasteiger partial charge in [0, 0.05) is 38.8 Å². The van der Waals surface area contributed by atoms with Crippen molar-refractivity contribution in [2.75, 3.05) is 38.3 Å². The maximum absolute atomic E-state index is 13.2. The Morgan fingerprint density at radius 3 is 2.39 bits per heavy atom. The van der Waals surface area contributed by atoms with Crippen molar-refractivity contribution in [3.05, 3.63) is 63.7 Å². The Kier molecular flexibility index (Phi) is 5.97. The summed E-state index contributed by atoms with van der Waals surface area (Å²) in [5.74, 6) is 0. The summed E-state index contributed by atoms with van der Waals surface area (Å²) in [5, 5.41) is 11.2. The zero-order valence-corrected chi connectivity index (χ0v) is 16.7. The van der Waals surface area contributed by atoms with Gasteiger partial charge in [-0.3, -0.25) is 10.1 Å². The number of sulfonamides is 1. The van der Waals surface area contributed by atoms with Gasteiger partial charge < -0.3 is 9.64 Å². The summed E-state index contributed by atoms with van der Waals surface area (Å²) in [5.41, 5.74) is 2.33. The van der Waals surface area contributed by atoms with Crippen LogP contribution in [0.15, 0.2) is 47.4 Å². The molecule has 2 aromatic rings. The Morgan fingerprint density at radius 1 is 1.14 bits per heavy atom. The van der Waals surface area contributed by atoms with Crippen molar-refractivity contribution in [3.8, 4) is 0 Å². The van der Waals surface area contributed by atoms with E-state index in [0.717, 1.165) is 17.2 Å². The van der Waals surface area contributed by atoms with Gasteiger partial charge in [-0.15, -0.1) is 0 Å². The number of non-ortho nitro benzene ring substituents is 1. The lowest BCUT2D eigenvalue weighted by Gasteiger charge is -2.29. The van der Waals surface area contributed by atoms with E-state index in [1.54, 1.807) is 11.9 Å². The van der Waals surface area contributed by atoms with E-state index in [2.05, 4.69) is 0 Å². The van der Waals surface area contributed by atoms with E-state index in [1.807, 2.05) is 31.2 Å². The molecule has 0 N–H and O–H groups in total. The molecule has 1 saturated heterocycles. The molecule has 3 rings (SSSR count). The van der Waals surface area contributed by atoms with Gasteiger partial charge in [0.2, 0.25) is 10.0 Å². The fraction of sp³-hybridized carbons (Fsp3) is 0.368. The summed E-state index contributed by atoms with van der Waals surface area (Å²) in [6, 6.07) is 11.9. The third kappa shape index (κ3) is 4.32. The van der Waals surface area contributed by atoms with Crippen LogP contribution in [0.1, 0.15) is 11.1 Å². The minimum Gasteiger partial charge on any atom is -0.379 e. The monoisotopic (exact) mass is 405 g/mol. The number of ether oxygens (including phenoxy) is 1. The lowest BCUT2D eigenvalue weighted by Crippen LogP contribution is -2.41. The third-order valence-electron chi connectivity index (χ3n) is 4.69. The SMILES string of the molecule is Cc1ccc(CN(C)c2ccc([N+](=O)[O-])cc2S(=O)(=O)N2CCOCC2)cc1. The molecule has 0 unspecified atom stereocenters. The molecule has 0 amide bonds. The zero-order chi connectivity index (χ0) is 20.3. The van der Waals surface area contributed by atoms with Crippen LogP contribution < -0.4 is 4.90 Å². The van der Waals surface area contributed by atoms with Crippen LogP contribution in [0.3, 0.4) is 0 Å². The second-order valence-electron chi connectivity index (χ2n) is 6.77. The van der Waals surface area contributed by atoms with Crippen molar-refractivity contribution in [1.82, 2.24) is 4.31 Å². The topological polar surface area (TPSA) is 93.0 Å². The highest BCUT2D eigenvalue weighted by atomic mass is 32.2. The van der Waals surface area contributed by atoms with E-state index in [1.165, 1.54) is 16.4 Å². The van der Waals surface area contributed by atoms with E-state index in [-0.39, 0.29) is 23.7 Å². The maximum Gasteiger partial charge on any atom is 0.270 e. The van der Waals surface area contributed by atoms with Crippen molar-refractivity contribution in [2.24, 2.45) is 0 Å². The molecule has 0 atom stereocenters. The summed E-state index contributed by atoms with van der Waals surface area (Å²) in [4.78, 5) is 12.4. The van der Waals surface area contributed by atoms with Crippen LogP contribution >= 0.6 is 0 Å². The maximum atomic E-state index is 13.2. The number of aryl methyl sites for hydroxylation is 1. The van der Waals surface area contributed by atoms with Gasteiger partial charge in [-0.25, -0.2) is 8.42 Å². The lowest BCUT2D eigenvalue weighted by molar-refractivity contribution is -0.385. The van der Waals surface area contributed by atoms with Crippen LogP contribution in [0.4, 0.5) is 11.4 Å². The Balaban J connectivity index is 2.00. The van der Waals surface area contributed by atoms with Gasteiger partial charge in [-0.2, -0.15) is 4.31 Å². The Morgan fingerprint density at radius 2 is 1.79 bits per heavy atom. The number of hydrogen-bond acceptors (Lipinski definition) is 6. The van der Waals surface area contributed by atoms with Crippen LogP contribution in [0.2, 0.25) is 0 Å². The van der Waals surface area contributed by atoms with Crippen molar-refractivity contribution in [2.45, 2.75) is 18.4 Å². The quantitative estimate of drug-likeness (QED) is 0.542. The van der Waals surface area contributed by atoms with Crippen LogP contribution in [-0.2, 0) is 21.3 Å². The smallest absolute Gasteiger partial charge is 0.270 e. The predicted octanol–water partition coefficient (Wildman–Crippen LogP) is 2.56. The number of nitro groups is 1. The second-order valence-corrected chi connectivity index (χ2v) is 8.67. The molecule has 0 aromatic heterocycles. The van der Waals surface area contributed by atoms with Gasteiger partial charge in [0.1, 0.15) is 4.90 Å². The normalized spacial score (nSPS) is 15.4. The van der Waals surface area contributed by atoms with Gasteiger partial charge in [0.15, 0.2) is 0 Å². The molecular formula is C19H23N3O5S. The number of anilines is 1. The Bertz CT molecular complexity index is 954. The summed E-state index contributed by atoms with van der Waals surface area (Å²) in [6.07, 6.45) is 0. The van der Waals surface area contributed by atoms with Crippen molar-refractivity contribution >= 4 is 21.4 Å². The number of rotatable bonds is 6. The first-order valence-corrected chi connectivity index (χ1v) is 10.4. The molecule has 0 bridgehead atoms. The zero-order valence-electron chi connectivity index (χ0n) is 15.9. The van der Waals surface area contributed by atoms with Crippen molar-refractivity contribution < 1.29 is 18.1 Å². The molecule has 28 heavy (non-hydrogen) atoms. The first-order chi connectivity index (χ1) is 13.3. The van der Waals surface area contributed by atoms with Gasteiger partial charge in [-0.05, 0) is 18.6 Å². The van der Waals surface area contributed by atoms with E-state index >= 15 is 0 Å². The molecule has 1 aliphatic heterocycles. The van der Waals surface area contributed by atoms with Gasteiger partial charge in [0.05, 0.1) is 23.8 Å².